The van der Waals surface area contributed by atoms with E-state index in [4.69, 9.17) is 13.9 Å². The van der Waals surface area contributed by atoms with E-state index in [-0.39, 0.29) is 51.6 Å². The van der Waals surface area contributed by atoms with Gasteiger partial charge in [0.1, 0.15) is 28.8 Å². The van der Waals surface area contributed by atoms with Gasteiger partial charge in [-0.05, 0) is 70.6 Å². The Morgan fingerprint density at radius 2 is 1.47 bits per heavy atom. The third kappa shape index (κ3) is 12.7. The van der Waals surface area contributed by atoms with E-state index in [9.17, 15) is 24.9 Å². The molecule has 1 aromatic heterocycles. The standard InChI is InChI=1S/C19H18O7.C18H32O/c1-9(2)25-14-7-11(20)8-15-16(14)17(23)19(24-3)18(26-15)10-4-5-12(21)13(22)6-10;1-2-3-4-5-6-7-8-9-10-11-12-13-14-15-16-17-18-19/h4-9,20-22H,1-3H3;6-7,9-10,18H,2-5,8,11-17H2,1H3/b;7-6-,10-9-. The molecule has 8 heteroatoms. The van der Waals surface area contributed by atoms with Gasteiger partial charge in [-0.1, -0.05) is 63.3 Å². The fourth-order valence-electron chi connectivity index (χ4n) is 4.68. The van der Waals surface area contributed by atoms with Gasteiger partial charge in [-0.15, -0.1) is 0 Å². The molecule has 0 saturated heterocycles. The van der Waals surface area contributed by atoms with Crippen molar-refractivity contribution in [3.8, 4) is 40.1 Å². The molecule has 8 nitrogen and oxygen atoms in total. The van der Waals surface area contributed by atoms with E-state index in [0.29, 0.717) is 5.56 Å². The van der Waals surface area contributed by atoms with Crippen LogP contribution in [-0.2, 0) is 4.79 Å². The number of fused-ring (bicyclic) bond motifs is 1. The highest BCUT2D eigenvalue weighted by Gasteiger charge is 2.22. The van der Waals surface area contributed by atoms with E-state index in [1.54, 1.807) is 13.8 Å². The Hall–Kier alpha value is -4.20. The molecule has 0 spiro atoms. The van der Waals surface area contributed by atoms with Gasteiger partial charge in [0.25, 0.3) is 0 Å². The number of allylic oxidation sites excluding steroid dienone is 4. The SMILES string of the molecule is CCCCC/C=C\C/C=C\CCCCCCCC=O.COc1c(-c2ccc(O)c(O)c2)oc2cc(O)cc(OC(C)C)c2c1=O. The summed E-state index contributed by atoms with van der Waals surface area (Å²) in [6.45, 7) is 5.83. The highest BCUT2D eigenvalue weighted by molar-refractivity contribution is 5.88. The predicted octanol–water partition coefficient (Wildman–Crippen LogP) is 9.37. The average Bonchev–Trinajstić information content (AvgIpc) is 3.00. The third-order valence-corrected chi connectivity index (χ3v) is 6.98. The number of hydrogen-bond acceptors (Lipinski definition) is 8. The van der Waals surface area contributed by atoms with Gasteiger partial charge < -0.3 is 34.0 Å². The Balaban J connectivity index is 0.000000332. The summed E-state index contributed by atoms with van der Waals surface area (Å²) in [7, 11) is 1.32. The number of benzene rings is 2. The van der Waals surface area contributed by atoms with Crippen LogP contribution in [0.15, 0.2) is 63.8 Å². The molecule has 3 N–H and O–H groups in total. The molecule has 246 valence electrons. The lowest BCUT2D eigenvalue weighted by Crippen LogP contribution is -2.12. The van der Waals surface area contributed by atoms with Gasteiger partial charge in [-0.2, -0.15) is 0 Å². The minimum Gasteiger partial charge on any atom is -0.508 e. The van der Waals surface area contributed by atoms with Crippen molar-refractivity contribution >= 4 is 17.3 Å². The molecule has 45 heavy (non-hydrogen) atoms. The number of hydrogen-bond donors (Lipinski definition) is 3. The van der Waals surface area contributed by atoms with Gasteiger partial charge in [0, 0.05) is 24.1 Å². The summed E-state index contributed by atoms with van der Waals surface area (Å²) in [5.41, 5.74) is -0.0493. The summed E-state index contributed by atoms with van der Waals surface area (Å²) in [6, 6.07) is 6.62. The van der Waals surface area contributed by atoms with Crippen molar-refractivity contribution in [2.24, 2.45) is 0 Å². The van der Waals surface area contributed by atoms with Crippen molar-refractivity contribution in [3.05, 3.63) is 64.9 Å². The van der Waals surface area contributed by atoms with Crippen LogP contribution in [0.4, 0.5) is 0 Å². The van der Waals surface area contributed by atoms with Crippen LogP contribution in [0.5, 0.6) is 28.7 Å². The first-order chi connectivity index (χ1) is 21.7. The van der Waals surface area contributed by atoms with E-state index < -0.39 is 5.43 Å². The van der Waals surface area contributed by atoms with Crippen molar-refractivity contribution in [2.45, 2.75) is 104 Å². The normalized spacial score (nSPS) is 11.3. The lowest BCUT2D eigenvalue weighted by Gasteiger charge is -2.14. The van der Waals surface area contributed by atoms with Crippen LogP contribution in [0, 0.1) is 0 Å². The number of phenols is 3. The molecule has 0 bridgehead atoms. The number of methoxy groups -OCH3 is 1. The van der Waals surface area contributed by atoms with E-state index in [2.05, 4.69) is 31.2 Å². The highest BCUT2D eigenvalue weighted by Crippen LogP contribution is 2.38. The minimum absolute atomic E-state index is 0.0568. The Morgan fingerprint density at radius 1 is 0.822 bits per heavy atom. The fourth-order valence-corrected chi connectivity index (χ4v) is 4.68. The molecule has 0 fully saturated rings. The molecule has 1 heterocycles. The van der Waals surface area contributed by atoms with Crippen LogP contribution in [0.3, 0.4) is 0 Å². The van der Waals surface area contributed by atoms with Gasteiger partial charge in [0.05, 0.1) is 13.2 Å². The number of carbonyl (C=O) groups is 1. The second-order valence-corrected chi connectivity index (χ2v) is 11.2. The first-order valence-electron chi connectivity index (χ1n) is 16.0. The molecule has 0 aliphatic heterocycles. The molecular weight excluding hydrogens is 572 g/mol. The monoisotopic (exact) mass is 622 g/mol. The quantitative estimate of drug-likeness (QED) is 0.0554. The smallest absolute Gasteiger partial charge is 0.239 e. The van der Waals surface area contributed by atoms with E-state index in [1.807, 2.05) is 0 Å². The minimum atomic E-state index is -0.480. The zero-order valence-corrected chi connectivity index (χ0v) is 27.2. The summed E-state index contributed by atoms with van der Waals surface area (Å²) in [5.74, 6) is -0.639. The maximum atomic E-state index is 13.0. The van der Waals surface area contributed by atoms with Gasteiger partial charge in [0.15, 0.2) is 17.3 Å². The summed E-state index contributed by atoms with van der Waals surface area (Å²) >= 11 is 0. The van der Waals surface area contributed by atoms with Crippen molar-refractivity contribution in [1.29, 1.82) is 0 Å². The highest BCUT2D eigenvalue weighted by atomic mass is 16.5. The number of aldehydes is 1. The number of ether oxygens (including phenoxy) is 2. The molecule has 0 aliphatic rings. The Labute approximate surface area is 267 Å². The zero-order chi connectivity index (χ0) is 33.0. The zero-order valence-electron chi connectivity index (χ0n) is 27.2. The average molecular weight is 623 g/mol. The molecule has 0 amide bonds. The molecule has 0 saturated carbocycles. The molecule has 3 aromatic rings. The summed E-state index contributed by atoms with van der Waals surface area (Å²) in [6.07, 6.45) is 24.4. The first kappa shape index (κ1) is 37.0. The molecular formula is C37H50O8. The van der Waals surface area contributed by atoms with Crippen LogP contribution in [0.2, 0.25) is 0 Å². The van der Waals surface area contributed by atoms with Crippen LogP contribution in [0.25, 0.3) is 22.3 Å². The second-order valence-electron chi connectivity index (χ2n) is 11.2. The van der Waals surface area contributed by atoms with Crippen LogP contribution < -0.4 is 14.9 Å². The lowest BCUT2D eigenvalue weighted by atomic mass is 10.1. The van der Waals surface area contributed by atoms with Gasteiger partial charge >= 0.3 is 0 Å². The van der Waals surface area contributed by atoms with E-state index in [1.165, 1.54) is 95.2 Å². The van der Waals surface area contributed by atoms with Crippen LogP contribution in [0.1, 0.15) is 97.8 Å². The molecule has 0 atom stereocenters. The van der Waals surface area contributed by atoms with Gasteiger partial charge in [0.2, 0.25) is 11.2 Å². The third-order valence-electron chi connectivity index (χ3n) is 6.98. The summed E-state index contributed by atoms with van der Waals surface area (Å²) in [5, 5.41) is 29.3. The van der Waals surface area contributed by atoms with E-state index in [0.717, 1.165) is 25.5 Å². The maximum absolute atomic E-state index is 13.0. The van der Waals surface area contributed by atoms with Gasteiger partial charge in [-0.3, -0.25) is 4.79 Å². The number of carbonyl (C=O) groups excluding carboxylic acids is 1. The predicted molar refractivity (Wildman–Crippen MR) is 181 cm³/mol. The molecule has 0 aliphatic carbocycles. The second kappa shape index (κ2) is 20.7. The number of phenolic OH excluding ortho intramolecular Hbond substituents is 3. The maximum Gasteiger partial charge on any atom is 0.239 e. The summed E-state index contributed by atoms with van der Waals surface area (Å²) < 4.78 is 16.6. The number of aromatic hydroxyl groups is 3. The summed E-state index contributed by atoms with van der Waals surface area (Å²) in [4.78, 5) is 23.1. The Bertz CT molecular complexity index is 1430. The van der Waals surface area contributed by atoms with Gasteiger partial charge in [-0.25, -0.2) is 0 Å². The van der Waals surface area contributed by atoms with Crippen molar-refractivity contribution in [3.63, 3.8) is 0 Å². The topological polar surface area (TPSA) is 126 Å². The van der Waals surface area contributed by atoms with Crippen molar-refractivity contribution in [2.75, 3.05) is 7.11 Å². The van der Waals surface area contributed by atoms with E-state index >= 15 is 0 Å². The van der Waals surface area contributed by atoms with Crippen LogP contribution >= 0.6 is 0 Å². The largest absolute Gasteiger partial charge is 0.508 e. The fraction of sp³-hybridized carbons (Fsp3) is 0.459. The van der Waals surface area contributed by atoms with Crippen molar-refractivity contribution < 1.29 is 34.0 Å². The lowest BCUT2D eigenvalue weighted by molar-refractivity contribution is -0.107. The Morgan fingerprint density at radius 3 is 2.07 bits per heavy atom. The van der Waals surface area contributed by atoms with Crippen LogP contribution in [-0.4, -0.2) is 34.8 Å². The molecule has 0 radical (unpaired) electrons. The first-order valence-corrected chi connectivity index (χ1v) is 16.0. The Kier molecular flexibility index (Phi) is 17.0. The van der Waals surface area contributed by atoms with Crippen molar-refractivity contribution in [1.82, 2.24) is 0 Å². The molecule has 2 aromatic carbocycles. The molecule has 3 rings (SSSR count). The number of unbranched alkanes of at least 4 members (excludes halogenated alkanes) is 9. The number of rotatable bonds is 18. The molecule has 0 unspecified atom stereocenters.